The fourth-order valence-corrected chi connectivity index (χ4v) is 2.98. The highest BCUT2D eigenvalue weighted by Crippen LogP contribution is 2.29. The molecule has 0 aliphatic rings. The number of nitrogens with one attached hydrogen (secondary N) is 3. The molecule has 0 aliphatic carbocycles. The summed E-state index contributed by atoms with van der Waals surface area (Å²) in [5, 5.41) is 6.25. The van der Waals surface area contributed by atoms with Crippen molar-refractivity contribution in [1.29, 1.82) is 0 Å². The first kappa shape index (κ1) is 18.3. The Labute approximate surface area is 167 Å². The molecule has 0 saturated heterocycles. The number of carbonyl (C=O) groups is 2. The number of fused-ring (bicyclic) bond motifs is 1. The van der Waals surface area contributed by atoms with Crippen LogP contribution in [0.25, 0.3) is 10.9 Å². The molecule has 3 N–H and O–H groups in total. The number of rotatable bonds is 6. The first-order valence-electron chi connectivity index (χ1n) is 9.17. The minimum absolute atomic E-state index is 0.155. The predicted octanol–water partition coefficient (Wildman–Crippen LogP) is 4.33. The SMILES string of the molecule is O=C(CNC(=O)c1c[nH]c2ccccc12)Nc1ccccc1Oc1ccccc1. The first-order valence-corrected chi connectivity index (χ1v) is 9.17. The second-order valence-corrected chi connectivity index (χ2v) is 6.39. The molecule has 6 heteroatoms. The molecule has 0 fully saturated rings. The average Bonchev–Trinajstić information content (AvgIpc) is 3.18. The van der Waals surface area contributed by atoms with E-state index >= 15 is 0 Å². The zero-order chi connectivity index (χ0) is 20.1. The zero-order valence-electron chi connectivity index (χ0n) is 15.5. The third-order valence-electron chi connectivity index (χ3n) is 4.38. The van der Waals surface area contributed by atoms with E-state index in [0.29, 0.717) is 22.7 Å². The molecule has 0 spiro atoms. The molecule has 0 aliphatic heterocycles. The highest BCUT2D eigenvalue weighted by atomic mass is 16.5. The van der Waals surface area contributed by atoms with Crippen LogP contribution in [0.4, 0.5) is 5.69 Å². The van der Waals surface area contributed by atoms with Crippen LogP contribution in [0, 0.1) is 0 Å². The quantitative estimate of drug-likeness (QED) is 0.462. The van der Waals surface area contributed by atoms with E-state index in [1.54, 1.807) is 24.4 Å². The molecular weight excluding hydrogens is 366 g/mol. The summed E-state index contributed by atoms with van der Waals surface area (Å²) >= 11 is 0. The first-order chi connectivity index (χ1) is 14.2. The van der Waals surface area contributed by atoms with Gasteiger partial charge in [0.1, 0.15) is 5.75 Å². The molecule has 0 saturated carbocycles. The summed E-state index contributed by atoms with van der Waals surface area (Å²) in [5.41, 5.74) is 1.90. The van der Waals surface area contributed by atoms with Gasteiger partial charge < -0.3 is 20.4 Å². The maximum absolute atomic E-state index is 12.4. The molecule has 0 unspecified atom stereocenters. The second-order valence-electron chi connectivity index (χ2n) is 6.39. The van der Waals surface area contributed by atoms with Crippen LogP contribution < -0.4 is 15.4 Å². The van der Waals surface area contributed by atoms with Gasteiger partial charge >= 0.3 is 0 Å². The number of hydrogen-bond acceptors (Lipinski definition) is 3. The van der Waals surface area contributed by atoms with Gasteiger partial charge in [0, 0.05) is 17.1 Å². The molecule has 1 heterocycles. The van der Waals surface area contributed by atoms with E-state index in [0.717, 1.165) is 10.9 Å². The Morgan fingerprint density at radius 3 is 2.45 bits per heavy atom. The van der Waals surface area contributed by atoms with Gasteiger partial charge in [-0.1, -0.05) is 48.5 Å². The number of aromatic amines is 1. The van der Waals surface area contributed by atoms with Crippen molar-refractivity contribution in [2.75, 3.05) is 11.9 Å². The Morgan fingerprint density at radius 1 is 0.862 bits per heavy atom. The lowest BCUT2D eigenvalue weighted by Crippen LogP contribution is -2.32. The lowest BCUT2D eigenvalue weighted by Gasteiger charge is -2.12. The van der Waals surface area contributed by atoms with Gasteiger partial charge in [0.2, 0.25) is 5.91 Å². The maximum atomic E-state index is 12.4. The monoisotopic (exact) mass is 385 g/mol. The fourth-order valence-electron chi connectivity index (χ4n) is 2.98. The van der Waals surface area contributed by atoms with Crippen molar-refractivity contribution in [3.63, 3.8) is 0 Å². The Bertz CT molecular complexity index is 1150. The molecule has 2 amide bonds. The molecule has 4 rings (SSSR count). The minimum Gasteiger partial charge on any atom is -0.455 e. The molecule has 6 nitrogen and oxygen atoms in total. The number of amides is 2. The van der Waals surface area contributed by atoms with Gasteiger partial charge in [-0.15, -0.1) is 0 Å². The van der Waals surface area contributed by atoms with Crippen molar-refractivity contribution in [3.8, 4) is 11.5 Å². The van der Waals surface area contributed by atoms with Gasteiger partial charge in [-0.2, -0.15) is 0 Å². The number of carbonyl (C=O) groups excluding carboxylic acids is 2. The number of hydrogen-bond donors (Lipinski definition) is 3. The van der Waals surface area contributed by atoms with Crippen LogP contribution in [0.1, 0.15) is 10.4 Å². The van der Waals surface area contributed by atoms with Crippen molar-refractivity contribution >= 4 is 28.4 Å². The summed E-state index contributed by atoms with van der Waals surface area (Å²) in [6.07, 6.45) is 1.64. The predicted molar refractivity (Wildman–Crippen MR) is 112 cm³/mol. The van der Waals surface area contributed by atoms with Gasteiger partial charge in [-0.05, 0) is 30.3 Å². The molecular formula is C23H19N3O3. The van der Waals surface area contributed by atoms with E-state index in [4.69, 9.17) is 4.74 Å². The Balaban J connectivity index is 1.39. The third kappa shape index (κ3) is 4.27. The lowest BCUT2D eigenvalue weighted by atomic mass is 10.1. The fraction of sp³-hybridized carbons (Fsp3) is 0.0435. The summed E-state index contributed by atoms with van der Waals surface area (Å²) in [6.45, 7) is -0.155. The van der Waals surface area contributed by atoms with Gasteiger partial charge in [0.25, 0.3) is 5.91 Å². The van der Waals surface area contributed by atoms with E-state index in [-0.39, 0.29) is 18.4 Å². The highest BCUT2D eigenvalue weighted by Gasteiger charge is 2.14. The zero-order valence-corrected chi connectivity index (χ0v) is 15.5. The van der Waals surface area contributed by atoms with E-state index in [1.807, 2.05) is 60.7 Å². The van der Waals surface area contributed by atoms with Gasteiger partial charge in [-0.3, -0.25) is 9.59 Å². The standard InChI is InChI=1S/C23H19N3O3/c27-22(15-25-23(28)18-14-24-19-11-5-4-10-17(18)19)26-20-12-6-7-13-21(20)29-16-8-2-1-3-9-16/h1-14,24H,15H2,(H,25,28)(H,26,27). The van der Waals surface area contributed by atoms with Crippen molar-refractivity contribution in [3.05, 3.63) is 90.6 Å². The molecule has 3 aromatic carbocycles. The summed E-state index contributed by atoms with van der Waals surface area (Å²) in [7, 11) is 0. The Kier molecular flexibility index (Phi) is 5.25. The average molecular weight is 385 g/mol. The summed E-state index contributed by atoms with van der Waals surface area (Å²) in [5.74, 6) is 0.533. The van der Waals surface area contributed by atoms with Crippen LogP contribution >= 0.6 is 0 Å². The van der Waals surface area contributed by atoms with Crippen LogP contribution in [0.5, 0.6) is 11.5 Å². The van der Waals surface area contributed by atoms with Crippen LogP contribution in [-0.4, -0.2) is 23.3 Å². The van der Waals surface area contributed by atoms with Crippen LogP contribution in [0.3, 0.4) is 0 Å². The van der Waals surface area contributed by atoms with Crippen LogP contribution in [-0.2, 0) is 4.79 Å². The molecule has 29 heavy (non-hydrogen) atoms. The number of para-hydroxylation sites is 4. The number of anilines is 1. The Hall–Kier alpha value is -4.06. The van der Waals surface area contributed by atoms with Gasteiger partial charge in [0.15, 0.2) is 5.75 Å². The summed E-state index contributed by atoms with van der Waals surface area (Å²) in [4.78, 5) is 27.9. The van der Waals surface area contributed by atoms with Gasteiger partial charge in [0.05, 0.1) is 17.8 Å². The number of aromatic nitrogens is 1. The third-order valence-corrected chi connectivity index (χ3v) is 4.38. The number of ether oxygens (including phenoxy) is 1. The molecule has 0 atom stereocenters. The normalized spacial score (nSPS) is 10.5. The molecule has 0 radical (unpaired) electrons. The Morgan fingerprint density at radius 2 is 1.59 bits per heavy atom. The second kappa shape index (κ2) is 8.31. The van der Waals surface area contributed by atoms with Crippen molar-refractivity contribution < 1.29 is 14.3 Å². The van der Waals surface area contributed by atoms with Crippen molar-refractivity contribution in [1.82, 2.24) is 10.3 Å². The summed E-state index contributed by atoms with van der Waals surface area (Å²) < 4.78 is 5.84. The molecule has 144 valence electrons. The van der Waals surface area contributed by atoms with Gasteiger partial charge in [-0.25, -0.2) is 0 Å². The summed E-state index contributed by atoms with van der Waals surface area (Å²) in [6, 6.07) is 24.0. The van der Waals surface area contributed by atoms with E-state index in [9.17, 15) is 9.59 Å². The number of benzene rings is 3. The highest BCUT2D eigenvalue weighted by molar-refractivity contribution is 6.08. The molecule has 0 bridgehead atoms. The van der Waals surface area contributed by atoms with E-state index in [1.165, 1.54) is 0 Å². The minimum atomic E-state index is -0.345. The topological polar surface area (TPSA) is 83.2 Å². The van der Waals surface area contributed by atoms with Crippen molar-refractivity contribution in [2.24, 2.45) is 0 Å². The number of H-pyrrole nitrogens is 1. The van der Waals surface area contributed by atoms with Crippen molar-refractivity contribution in [2.45, 2.75) is 0 Å². The molecule has 4 aromatic rings. The largest absolute Gasteiger partial charge is 0.455 e. The van der Waals surface area contributed by atoms with Crippen LogP contribution in [0.2, 0.25) is 0 Å². The lowest BCUT2D eigenvalue weighted by molar-refractivity contribution is -0.115. The smallest absolute Gasteiger partial charge is 0.253 e. The van der Waals surface area contributed by atoms with E-state index < -0.39 is 0 Å². The maximum Gasteiger partial charge on any atom is 0.253 e. The van der Waals surface area contributed by atoms with Crippen LogP contribution in [0.15, 0.2) is 85.1 Å². The van der Waals surface area contributed by atoms with E-state index in [2.05, 4.69) is 15.6 Å². The molecule has 1 aromatic heterocycles.